The van der Waals surface area contributed by atoms with Gasteiger partial charge in [0.1, 0.15) is 5.75 Å². The highest BCUT2D eigenvalue weighted by atomic mass is 16.5. The third-order valence-electron chi connectivity index (χ3n) is 2.56. The largest absolute Gasteiger partial charge is 0.492 e. The molecule has 0 fully saturated rings. The van der Waals surface area contributed by atoms with Gasteiger partial charge >= 0.3 is 0 Å². The van der Waals surface area contributed by atoms with Gasteiger partial charge in [0, 0.05) is 6.20 Å². The average Bonchev–Trinajstić information content (AvgIpc) is 2.34. The first-order valence-corrected chi connectivity index (χ1v) is 6.04. The summed E-state index contributed by atoms with van der Waals surface area (Å²) in [6.07, 6.45) is 8.31. The molecule has 3 heteroatoms. The van der Waals surface area contributed by atoms with E-state index in [4.69, 9.17) is 4.74 Å². The van der Waals surface area contributed by atoms with Gasteiger partial charge in [-0.25, -0.2) is 0 Å². The van der Waals surface area contributed by atoms with Crippen LogP contribution < -0.4 is 4.74 Å². The summed E-state index contributed by atoms with van der Waals surface area (Å²) in [6.45, 7) is 2.74. The lowest BCUT2D eigenvalue weighted by molar-refractivity contribution is 0.155. The third kappa shape index (κ3) is 5.71. The number of hydrogen-bond donors (Lipinski definition) is 1. The number of aliphatic hydroxyl groups is 1. The minimum atomic E-state index is -0.126. The lowest BCUT2D eigenvalue weighted by atomic mass is 10.1. The molecule has 90 valence electrons. The molecule has 1 heterocycles. The number of aliphatic hydroxyl groups excluding tert-OH is 1. The van der Waals surface area contributed by atoms with Crippen molar-refractivity contribution >= 4 is 0 Å². The quantitative estimate of drug-likeness (QED) is 0.689. The molecule has 0 aromatic carbocycles. The zero-order chi connectivity index (χ0) is 11.6. The number of ether oxygens (including phenoxy) is 1. The molecule has 1 aromatic heterocycles. The maximum absolute atomic E-state index is 9.35. The summed E-state index contributed by atoms with van der Waals surface area (Å²) in [5, 5.41) is 9.35. The zero-order valence-electron chi connectivity index (χ0n) is 9.93. The van der Waals surface area contributed by atoms with Crippen LogP contribution in [-0.4, -0.2) is 22.8 Å². The van der Waals surface area contributed by atoms with Gasteiger partial charge in [-0.2, -0.15) is 0 Å². The molecule has 0 bridgehead atoms. The van der Waals surface area contributed by atoms with Crippen LogP contribution in [0.1, 0.15) is 39.0 Å². The molecule has 0 amide bonds. The van der Waals surface area contributed by atoms with Crippen molar-refractivity contribution in [1.82, 2.24) is 4.98 Å². The van der Waals surface area contributed by atoms with Crippen LogP contribution in [0.3, 0.4) is 0 Å². The van der Waals surface area contributed by atoms with Crippen molar-refractivity contribution < 1.29 is 9.84 Å². The summed E-state index contributed by atoms with van der Waals surface area (Å²) >= 11 is 0. The van der Waals surface area contributed by atoms with Crippen LogP contribution in [0.2, 0.25) is 0 Å². The maximum atomic E-state index is 9.35. The predicted octanol–water partition coefficient (Wildman–Crippen LogP) is 2.79. The second kappa shape index (κ2) is 8.11. The van der Waals surface area contributed by atoms with Gasteiger partial charge in [0.2, 0.25) is 0 Å². The molecule has 0 aliphatic rings. The molecule has 16 heavy (non-hydrogen) atoms. The van der Waals surface area contributed by atoms with E-state index >= 15 is 0 Å². The van der Waals surface area contributed by atoms with E-state index in [1.807, 2.05) is 19.1 Å². The van der Waals surface area contributed by atoms with E-state index in [0.717, 1.165) is 44.5 Å². The molecule has 1 N–H and O–H groups in total. The Morgan fingerprint density at radius 1 is 1.38 bits per heavy atom. The molecule has 0 radical (unpaired) electrons. The first-order valence-electron chi connectivity index (χ1n) is 6.04. The minimum Gasteiger partial charge on any atom is -0.492 e. The predicted molar refractivity (Wildman–Crippen MR) is 64.5 cm³/mol. The molecule has 1 aromatic rings. The smallest absolute Gasteiger partial charge is 0.137 e. The fraction of sp³-hybridized carbons (Fsp3) is 0.615. The highest BCUT2D eigenvalue weighted by Gasteiger charge is 1.99. The van der Waals surface area contributed by atoms with Gasteiger partial charge in [0.25, 0.3) is 0 Å². The van der Waals surface area contributed by atoms with Crippen LogP contribution >= 0.6 is 0 Å². The first-order chi connectivity index (χ1) is 7.83. The lowest BCUT2D eigenvalue weighted by Gasteiger charge is -2.07. The highest BCUT2D eigenvalue weighted by Crippen LogP contribution is 2.09. The van der Waals surface area contributed by atoms with Crippen LogP contribution in [0, 0.1) is 0 Å². The Hall–Kier alpha value is -1.09. The molecule has 1 rings (SSSR count). The minimum absolute atomic E-state index is 0.126. The number of unbranched alkanes of at least 4 members (excludes halogenated alkanes) is 2. The molecule has 0 saturated carbocycles. The van der Waals surface area contributed by atoms with Crippen molar-refractivity contribution in [3.63, 3.8) is 0 Å². The Balaban J connectivity index is 1.96. The van der Waals surface area contributed by atoms with Crippen LogP contribution in [0.5, 0.6) is 5.75 Å². The fourth-order valence-corrected chi connectivity index (χ4v) is 1.49. The van der Waals surface area contributed by atoms with E-state index in [1.54, 1.807) is 12.4 Å². The van der Waals surface area contributed by atoms with Crippen molar-refractivity contribution in [2.45, 2.75) is 45.1 Å². The molecule has 0 saturated heterocycles. The summed E-state index contributed by atoms with van der Waals surface area (Å²) < 4.78 is 5.51. The van der Waals surface area contributed by atoms with E-state index in [2.05, 4.69) is 4.98 Å². The van der Waals surface area contributed by atoms with Crippen molar-refractivity contribution in [2.24, 2.45) is 0 Å². The molecule has 0 aliphatic carbocycles. The van der Waals surface area contributed by atoms with Gasteiger partial charge in [-0.15, -0.1) is 0 Å². The second-order valence-electron chi connectivity index (χ2n) is 3.95. The molecule has 3 nitrogen and oxygen atoms in total. The van der Waals surface area contributed by atoms with E-state index in [0.29, 0.717) is 0 Å². The molecule has 0 spiro atoms. The van der Waals surface area contributed by atoms with Gasteiger partial charge in [-0.05, 0) is 37.8 Å². The highest BCUT2D eigenvalue weighted by molar-refractivity contribution is 5.15. The number of hydrogen-bond acceptors (Lipinski definition) is 3. The fourth-order valence-electron chi connectivity index (χ4n) is 1.49. The number of nitrogens with zero attached hydrogens (tertiary/aromatic N) is 1. The summed E-state index contributed by atoms with van der Waals surface area (Å²) in [5.74, 6) is 0.830. The topological polar surface area (TPSA) is 42.4 Å². The molecule has 1 unspecified atom stereocenters. The Kier molecular flexibility index (Phi) is 6.58. The Morgan fingerprint density at radius 2 is 2.25 bits per heavy atom. The number of aromatic nitrogens is 1. The van der Waals surface area contributed by atoms with Crippen molar-refractivity contribution in [2.75, 3.05) is 6.61 Å². The summed E-state index contributed by atoms with van der Waals surface area (Å²) in [6, 6.07) is 3.78. The molecular weight excluding hydrogens is 202 g/mol. The third-order valence-corrected chi connectivity index (χ3v) is 2.56. The summed E-state index contributed by atoms with van der Waals surface area (Å²) in [5.41, 5.74) is 0. The van der Waals surface area contributed by atoms with Crippen molar-refractivity contribution in [1.29, 1.82) is 0 Å². The van der Waals surface area contributed by atoms with Gasteiger partial charge in [-0.1, -0.05) is 13.3 Å². The second-order valence-corrected chi connectivity index (χ2v) is 3.95. The van der Waals surface area contributed by atoms with E-state index in [9.17, 15) is 5.11 Å². The van der Waals surface area contributed by atoms with Gasteiger partial charge in [0.05, 0.1) is 18.9 Å². The van der Waals surface area contributed by atoms with E-state index in [1.165, 1.54) is 0 Å². The Morgan fingerprint density at radius 3 is 2.94 bits per heavy atom. The lowest BCUT2D eigenvalue weighted by Crippen LogP contribution is -2.04. The molecule has 0 aliphatic heterocycles. The monoisotopic (exact) mass is 223 g/mol. The molecule has 1 atom stereocenters. The van der Waals surface area contributed by atoms with Crippen molar-refractivity contribution in [3.8, 4) is 5.75 Å². The SMILES string of the molecule is CCC(O)CCCCCOc1cccnc1. The summed E-state index contributed by atoms with van der Waals surface area (Å²) in [7, 11) is 0. The Labute approximate surface area is 97.5 Å². The van der Waals surface area contributed by atoms with Crippen LogP contribution in [-0.2, 0) is 0 Å². The molecular formula is C13H21NO2. The van der Waals surface area contributed by atoms with Gasteiger partial charge < -0.3 is 9.84 Å². The van der Waals surface area contributed by atoms with Gasteiger partial charge in [-0.3, -0.25) is 4.98 Å². The van der Waals surface area contributed by atoms with Crippen molar-refractivity contribution in [3.05, 3.63) is 24.5 Å². The summed E-state index contributed by atoms with van der Waals surface area (Å²) in [4.78, 5) is 3.98. The normalized spacial score (nSPS) is 12.4. The van der Waals surface area contributed by atoms with Crippen LogP contribution in [0.25, 0.3) is 0 Å². The average molecular weight is 223 g/mol. The maximum Gasteiger partial charge on any atom is 0.137 e. The van der Waals surface area contributed by atoms with E-state index in [-0.39, 0.29) is 6.10 Å². The first kappa shape index (κ1) is 13.0. The number of rotatable bonds is 8. The van der Waals surface area contributed by atoms with Gasteiger partial charge in [0.15, 0.2) is 0 Å². The van der Waals surface area contributed by atoms with E-state index < -0.39 is 0 Å². The number of pyridine rings is 1. The zero-order valence-corrected chi connectivity index (χ0v) is 9.93. The standard InChI is InChI=1S/C13H21NO2/c1-2-12(15)7-4-3-5-10-16-13-8-6-9-14-11-13/h6,8-9,11-12,15H,2-5,7,10H2,1H3. The van der Waals surface area contributed by atoms with Crippen LogP contribution in [0.4, 0.5) is 0 Å². The Bertz CT molecular complexity index is 264. The van der Waals surface area contributed by atoms with Crippen LogP contribution in [0.15, 0.2) is 24.5 Å².